The largest absolute Gasteiger partial charge is 0.549 e. The quantitative estimate of drug-likeness (QED) is 0.674. The molecule has 0 bridgehead atoms. The van der Waals surface area contributed by atoms with E-state index in [9.17, 15) is 9.90 Å². The molecular weight excluding hydrogens is 279 g/mol. The average Bonchev–Trinajstić information content (AvgIpc) is 2.78. The average molecular weight is 288 g/mol. The summed E-state index contributed by atoms with van der Waals surface area (Å²) in [5.74, 6) is -0.117. The van der Waals surface area contributed by atoms with Gasteiger partial charge in [0.25, 0.3) is 0 Å². The van der Waals surface area contributed by atoms with Gasteiger partial charge in [0, 0.05) is 57.1 Å². The van der Waals surface area contributed by atoms with Crippen LogP contribution in [-0.4, -0.2) is 83.3 Å². The molecule has 6 nitrogen and oxygen atoms in total. The van der Waals surface area contributed by atoms with Crippen molar-refractivity contribution >= 4 is 69.1 Å². The molecular formula is C10H9KN4O2S-. The Hall–Kier alpha value is -0.254. The maximum atomic E-state index is 10.3. The number of carbonyl (C=O) groups is 1. The molecule has 18 heavy (non-hydrogen) atoms. The number of aliphatic carboxylic acids is 1. The van der Waals surface area contributed by atoms with Crippen LogP contribution in [0.4, 0.5) is 0 Å². The number of carbonyl (C=O) groups excluding carboxylic acids is 1. The number of tetrazole rings is 1. The second kappa shape index (κ2) is 8.03. The molecule has 1 heterocycles. The second-order valence-electron chi connectivity index (χ2n) is 3.21. The zero-order valence-electron chi connectivity index (χ0n) is 9.81. The SMILES string of the molecule is O=C([O-])CSCc1nnnn1-c1ccccc1.[K]. The molecule has 0 unspecified atom stereocenters. The predicted molar refractivity (Wildman–Crippen MR) is 66.1 cm³/mol. The molecule has 0 amide bonds. The molecule has 0 saturated heterocycles. The van der Waals surface area contributed by atoms with Crippen LogP contribution in [0.2, 0.25) is 0 Å². The van der Waals surface area contributed by atoms with Crippen LogP contribution in [-0.2, 0) is 10.5 Å². The van der Waals surface area contributed by atoms with Crippen LogP contribution in [0.25, 0.3) is 5.69 Å². The van der Waals surface area contributed by atoms with Gasteiger partial charge in [-0.15, -0.1) is 16.9 Å². The van der Waals surface area contributed by atoms with E-state index < -0.39 is 5.97 Å². The van der Waals surface area contributed by atoms with Crippen LogP contribution >= 0.6 is 11.8 Å². The van der Waals surface area contributed by atoms with Crippen molar-refractivity contribution in [3.63, 3.8) is 0 Å². The first-order valence-electron chi connectivity index (χ1n) is 4.87. The molecule has 0 fully saturated rings. The van der Waals surface area contributed by atoms with Crippen molar-refractivity contribution in [2.24, 2.45) is 0 Å². The van der Waals surface area contributed by atoms with Gasteiger partial charge in [0.1, 0.15) is 0 Å². The van der Waals surface area contributed by atoms with Crippen molar-refractivity contribution in [1.29, 1.82) is 0 Å². The van der Waals surface area contributed by atoms with Crippen molar-refractivity contribution < 1.29 is 9.90 Å². The summed E-state index contributed by atoms with van der Waals surface area (Å²) < 4.78 is 1.59. The third-order valence-corrected chi connectivity index (χ3v) is 2.89. The molecule has 1 aromatic heterocycles. The van der Waals surface area contributed by atoms with Gasteiger partial charge in [-0.2, -0.15) is 4.68 Å². The van der Waals surface area contributed by atoms with Gasteiger partial charge in [0.05, 0.1) is 17.4 Å². The van der Waals surface area contributed by atoms with Gasteiger partial charge in [-0.3, -0.25) is 0 Å². The van der Waals surface area contributed by atoms with Crippen LogP contribution < -0.4 is 5.11 Å². The summed E-state index contributed by atoms with van der Waals surface area (Å²) >= 11 is 1.20. The number of para-hydroxylation sites is 1. The molecule has 0 spiro atoms. The minimum Gasteiger partial charge on any atom is -0.549 e. The topological polar surface area (TPSA) is 83.7 Å². The standard InChI is InChI=1S/C10H10N4O2S.K/c15-10(16)7-17-6-9-11-12-13-14(9)8-4-2-1-3-5-8;/h1-5H,6-7H2,(H,15,16);/p-1. The molecule has 0 aliphatic rings. The van der Waals surface area contributed by atoms with E-state index >= 15 is 0 Å². The number of rotatable bonds is 5. The van der Waals surface area contributed by atoms with Crippen molar-refractivity contribution in [3.05, 3.63) is 36.2 Å². The number of benzene rings is 1. The number of nitrogens with zero attached hydrogens (tertiary/aromatic N) is 4. The molecule has 2 rings (SSSR count). The molecule has 2 aromatic rings. The third kappa shape index (κ3) is 4.45. The monoisotopic (exact) mass is 288 g/mol. The smallest absolute Gasteiger partial charge is 0.166 e. The zero-order valence-corrected chi connectivity index (χ0v) is 13.8. The number of thioether (sulfide) groups is 1. The van der Waals surface area contributed by atoms with E-state index in [4.69, 9.17) is 0 Å². The maximum absolute atomic E-state index is 10.3. The number of hydrogen-bond donors (Lipinski definition) is 0. The molecule has 0 atom stereocenters. The Bertz CT molecular complexity index is 506. The molecule has 8 heteroatoms. The van der Waals surface area contributed by atoms with E-state index in [2.05, 4.69) is 15.5 Å². The van der Waals surface area contributed by atoms with Gasteiger partial charge in [0.2, 0.25) is 0 Å². The summed E-state index contributed by atoms with van der Waals surface area (Å²) in [5, 5.41) is 21.6. The van der Waals surface area contributed by atoms with Crippen LogP contribution in [0.1, 0.15) is 5.82 Å². The Labute approximate surface area is 151 Å². The molecule has 0 aliphatic heterocycles. The Kier molecular flexibility index (Phi) is 7.05. The first kappa shape index (κ1) is 15.8. The van der Waals surface area contributed by atoms with Crippen molar-refractivity contribution in [3.8, 4) is 5.69 Å². The van der Waals surface area contributed by atoms with Gasteiger partial charge in [-0.25, -0.2) is 0 Å². The summed E-state index contributed by atoms with van der Waals surface area (Å²) in [4.78, 5) is 10.3. The number of aromatic nitrogens is 4. The summed E-state index contributed by atoms with van der Waals surface area (Å²) in [6.45, 7) is 0. The Morgan fingerprint density at radius 1 is 1.33 bits per heavy atom. The Morgan fingerprint density at radius 3 is 2.72 bits per heavy atom. The van der Waals surface area contributed by atoms with E-state index in [1.54, 1.807) is 4.68 Å². The molecule has 0 aliphatic carbocycles. The third-order valence-electron chi connectivity index (χ3n) is 1.99. The van der Waals surface area contributed by atoms with E-state index in [1.165, 1.54) is 11.8 Å². The number of hydrogen-bond acceptors (Lipinski definition) is 6. The number of carboxylic acid groups (broad SMARTS) is 1. The Balaban J connectivity index is 0.00000162. The van der Waals surface area contributed by atoms with Gasteiger partial charge < -0.3 is 9.90 Å². The zero-order chi connectivity index (χ0) is 12.1. The van der Waals surface area contributed by atoms with Gasteiger partial charge in [0.15, 0.2) is 5.82 Å². The van der Waals surface area contributed by atoms with Crippen LogP contribution in [0.5, 0.6) is 0 Å². The minimum absolute atomic E-state index is 0. The first-order valence-corrected chi connectivity index (χ1v) is 6.03. The first-order chi connectivity index (χ1) is 8.27. The van der Waals surface area contributed by atoms with E-state index in [1.807, 2.05) is 30.3 Å². The van der Waals surface area contributed by atoms with Gasteiger partial charge in [-0.1, -0.05) is 18.2 Å². The van der Waals surface area contributed by atoms with Crippen molar-refractivity contribution in [2.45, 2.75) is 5.75 Å². The number of carboxylic acids is 1. The maximum Gasteiger partial charge on any atom is 0.166 e. The molecule has 1 radical (unpaired) electrons. The summed E-state index contributed by atoms with van der Waals surface area (Å²) in [6, 6.07) is 9.43. The second-order valence-corrected chi connectivity index (χ2v) is 4.19. The van der Waals surface area contributed by atoms with Gasteiger partial charge >= 0.3 is 0 Å². The molecule has 89 valence electrons. The minimum atomic E-state index is -1.09. The van der Waals surface area contributed by atoms with Crippen molar-refractivity contribution in [2.75, 3.05) is 5.75 Å². The fourth-order valence-electron chi connectivity index (χ4n) is 1.29. The molecule has 0 saturated carbocycles. The molecule has 1 aromatic carbocycles. The van der Waals surface area contributed by atoms with E-state index in [-0.39, 0.29) is 57.1 Å². The Morgan fingerprint density at radius 2 is 2.06 bits per heavy atom. The van der Waals surface area contributed by atoms with Crippen LogP contribution in [0.3, 0.4) is 0 Å². The van der Waals surface area contributed by atoms with E-state index in [0.717, 1.165) is 5.69 Å². The predicted octanol–water partition coefficient (Wildman–Crippen LogP) is -0.735. The van der Waals surface area contributed by atoms with Crippen molar-refractivity contribution in [1.82, 2.24) is 20.2 Å². The summed E-state index contributed by atoms with van der Waals surface area (Å²) in [6.07, 6.45) is 0. The fraction of sp³-hybridized carbons (Fsp3) is 0.200. The van der Waals surface area contributed by atoms with Crippen LogP contribution in [0, 0.1) is 0 Å². The van der Waals surface area contributed by atoms with E-state index in [0.29, 0.717) is 11.6 Å². The summed E-state index contributed by atoms with van der Waals surface area (Å²) in [7, 11) is 0. The van der Waals surface area contributed by atoms with Crippen LogP contribution in [0.15, 0.2) is 30.3 Å². The van der Waals surface area contributed by atoms with Gasteiger partial charge in [-0.05, 0) is 22.6 Å². The summed E-state index contributed by atoms with van der Waals surface area (Å²) in [5.41, 5.74) is 0.849. The fourth-order valence-corrected chi connectivity index (χ4v) is 1.92. The normalized spacial score (nSPS) is 9.78. The molecule has 0 N–H and O–H groups in total.